The van der Waals surface area contributed by atoms with Gasteiger partial charge in [-0.2, -0.15) is 8.42 Å². The summed E-state index contributed by atoms with van der Waals surface area (Å²) in [7, 11) is -4.26. The summed E-state index contributed by atoms with van der Waals surface area (Å²) < 4.78 is 30.3. The minimum atomic E-state index is -4.26. The van der Waals surface area contributed by atoms with Crippen LogP contribution in [0.5, 0.6) is 0 Å². The van der Waals surface area contributed by atoms with E-state index < -0.39 is 51.7 Å². The number of carboxylic acids is 2. The molecule has 0 fully saturated rings. The van der Waals surface area contributed by atoms with Gasteiger partial charge in [0.1, 0.15) is 6.04 Å². The largest absolute Gasteiger partial charge is 0.481 e. The summed E-state index contributed by atoms with van der Waals surface area (Å²) in [5.74, 6) is -3.88. The SMILES string of the molecule is CC(C)(CS(=O)(=O)O)NC(=O)CCNC(CC(=O)O)C(=O)O. The summed E-state index contributed by atoms with van der Waals surface area (Å²) in [6.07, 6.45) is -0.816. The molecule has 1 amide bonds. The van der Waals surface area contributed by atoms with Gasteiger partial charge < -0.3 is 20.8 Å². The molecule has 0 saturated carbocycles. The summed E-state index contributed by atoms with van der Waals surface area (Å²) in [6.45, 7) is 2.70. The summed E-state index contributed by atoms with van der Waals surface area (Å²) >= 11 is 0. The van der Waals surface area contributed by atoms with Crippen LogP contribution in [0.2, 0.25) is 0 Å². The van der Waals surface area contributed by atoms with Crippen molar-refractivity contribution in [3.8, 4) is 0 Å². The maximum absolute atomic E-state index is 11.6. The molecular weight excluding hydrogens is 320 g/mol. The van der Waals surface area contributed by atoms with Gasteiger partial charge in [-0.1, -0.05) is 0 Å². The van der Waals surface area contributed by atoms with Crippen LogP contribution in [0.3, 0.4) is 0 Å². The number of hydrogen-bond acceptors (Lipinski definition) is 6. The lowest BCUT2D eigenvalue weighted by Gasteiger charge is -2.24. The molecule has 5 N–H and O–H groups in total. The quantitative estimate of drug-likeness (QED) is 0.302. The van der Waals surface area contributed by atoms with Crippen LogP contribution < -0.4 is 10.6 Å². The van der Waals surface area contributed by atoms with Crippen LogP contribution in [0.15, 0.2) is 0 Å². The minimum Gasteiger partial charge on any atom is -0.481 e. The molecule has 1 unspecified atom stereocenters. The van der Waals surface area contributed by atoms with E-state index in [1.165, 1.54) is 13.8 Å². The van der Waals surface area contributed by atoms with Crippen molar-refractivity contribution in [3.63, 3.8) is 0 Å². The third-order valence-electron chi connectivity index (χ3n) is 2.44. The molecule has 0 aliphatic heterocycles. The molecule has 0 aliphatic rings. The van der Waals surface area contributed by atoms with Crippen LogP contribution in [0, 0.1) is 0 Å². The first-order chi connectivity index (χ1) is 9.82. The zero-order valence-electron chi connectivity index (χ0n) is 12.2. The van der Waals surface area contributed by atoms with Crippen molar-refractivity contribution < 1.29 is 37.6 Å². The van der Waals surface area contributed by atoms with Crippen molar-refractivity contribution in [2.45, 2.75) is 38.3 Å². The van der Waals surface area contributed by atoms with E-state index in [-0.39, 0.29) is 13.0 Å². The van der Waals surface area contributed by atoms with Gasteiger partial charge in [0.2, 0.25) is 5.91 Å². The molecule has 0 spiro atoms. The van der Waals surface area contributed by atoms with Crippen molar-refractivity contribution in [3.05, 3.63) is 0 Å². The van der Waals surface area contributed by atoms with Gasteiger partial charge in [0.15, 0.2) is 0 Å². The topological polar surface area (TPSA) is 170 Å². The Balaban J connectivity index is 4.33. The number of hydrogen-bond donors (Lipinski definition) is 5. The monoisotopic (exact) mass is 340 g/mol. The molecule has 22 heavy (non-hydrogen) atoms. The molecule has 0 aromatic rings. The van der Waals surface area contributed by atoms with E-state index in [2.05, 4.69) is 10.6 Å². The Kier molecular flexibility index (Phi) is 7.43. The maximum Gasteiger partial charge on any atom is 0.321 e. The predicted octanol–water partition coefficient (Wildman–Crippen LogP) is -1.32. The maximum atomic E-state index is 11.6. The van der Waals surface area contributed by atoms with Gasteiger partial charge in [-0.25, -0.2) is 0 Å². The first-order valence-electron chi connectivity index (χ1n) is 6.26. The third-order valence-corrected chi connectivity index (χ3v) is 3.53. The molecule has 0 aliphatic carbocycles. The van der Waals surface area contributed by atoms with Gasteiger partial charge in [-0.15, -0.1) is 0 Å². The first kappa shape index (κ1) is 20.3. The lowest BCUT2D eigenvalue weighted by Crippen LogP contribution is -2.49. The summed E-state index contributed by atoms with van der Waals surface area (Å²) in [5, 5.41) is 22.1. The first-order valence-corrected chi connectivity index (χ1v) is 7.87. The van der Waals surface area contributed by atoms with Crippen LogP contribution in [-0.2, 0) is 24.5 Å². The van der Waals surface area contributed by atoms with Crippen molar-refractivity contribution in [1.82, 2.24) is 10.6 Å². The number of rotatable bonds is 10. The second-order valence-corrected chi connectivity index (χ2v) is 6.80. The number of nitrogens with one attached hydrogen (secondary N) is 2. The van der Waals surface area contributed by atoms with Crippen molar-refractivity contribution in [2.75, 3.05) is 12.3 Å². The zero-order chi connectivity index (χ0) is 17.6. The Morgan fingerprint density at radius 3 is 2.14 bits per heavy atom. The normalized spacial score (nSPS) is 13.4. The fourth-order valence-electron chi connectivity index (χ4n) is 1.71. The summed E-state index contributed by atoms with van der Waals surface area (Å²) in [5.41, 5.74) is -1.20. The highest BCUT2D eigenvalue weighted by Crippen LogP contribution is 2.06. The van der Waals surface area contributed by atoms with Crippen LogP contribution in [0.1, 0.15) is 26.7 Å². The number of carboxylic acid groups (broad SMARTS) is 2. The van der Waals surface area contributed by atoms with E-state index in [1.807, 2.05) is 0 Å². The second kappa shape index (κ2) is 8.06. The molecule has 10 nitrogen and oxygen atoms in total. The molecule has 0 aromatic heterocycles. The Morgan fingerprint density at radius 1 is 1.18 bits per heavy atom. The molecule has 0 rings (SSSR count). The smallest absolute Gasteiger partial charge is 0.321 e. The van der Waals surface area contributed by atoms with Gasteiger partial charge in [0, 0.05) is 13.0 Å². The minimum absolute atomic E-state index is 0.0992. The number of amides is 1. The van der Waals surface area contributed by atoms with Crippen LogP contribution in [0.4, 0.5) is 0 Å². The average molecular weight is 340 g/mol. The van der Waals surface area contributed by atoms with Gasteiger partial charge in [-0.05, 0) is 13.8 Å². The molecule has 11 heteroatoms. The highest BCUT2D eigenvalue weighted by molar-refractivity contribution is 7.85. The fraction of sp³-hybridized carbons (Fsp3) is 0.727. The van der Waals surface area contributed by atoms with Gasteiger partial charge in [0.05, 0.1) is 17.7 Å². The Hall–Kier alpha value is -1.72. The van der Waals surface area contributed by atoms with E-state index in [4.69, 9.17) is 14.8 Å². The van der Waals surface area contributed by atoms with Crippen molar-refractivity contribution in [1.29, 1.82) is 0 Å². The number of carbonyl (C=O) groups is 3. The predicted molar refractivity (Wildman–Crippen MR) is 74.9 cm³/mol. The average Bonchev–Trinajstić information content (AvgIpc) is 2.22. The fourth-order valence-corrected chi connectivity index (χ4v) is 2.70. The van der Waals surface area contributed by atoms with Crippen LogP contribution in [0.25, 0.3) is 0 Å². The molecule has 0 aromatic carbocycles. The van der Waals surface area contributed by atoms with E-state index in [0.29, 0.717) is 0 Å². The molecule has 0 saturated heterocycles. The second-order valence-electron chi connectivity index (χ2n) is 5.35. The standard InChI is InChI=1S/C11H20N2O8S/c1-11(2,6-22(19,20)21)13-8(14)3-4-12-7(10(17)18)5-9(15)16/h7,12H,3-6H2,1-2H3,(H,13,14)(H,15,16)(H,17,18)(H,19,20,21). The molecule has 0 heterocycles. The van der Waals surface area contributed by atoms with Gasteiger partial charge in [-0.3, -0.25) is 18.9 Å². The molecule has 0 radical (unpaired) electrons. The highest BCUT2D eigenvalue weighted by Gasteiger charge is 2.27. The molecular formula is C11H20N2O8S. The van der Waals surface area contributed by atoms with Crippen LogP contribution in [-0.4, -0.2) is 64.9 Å². The van der Waals surface area contributed by atoms with Crippen molar-refractivity contribution >= 4 is 28.0 Å². The number of carbonyl (C=O) groups excluding carboxylic acids is 1. The zero-order valence-corrected chi connectivity index (χ0v) is 13.0. The lowest BCUT2D eigenvalue weighted by molar-refractivity contribution is -0.146. The lowest BCUT2D eigenvalue weighted by atomic mass is 10.1. The van der Waals surface area contributed by atoms with Crippen LogP contribution >= 0.6 is 0 Å². The molecule has 128 valence electrons. The van der Waals surface area contributed by atoms with Gasteiger partial charge >= 0.3 is 11.9 Å². The van der Waals surface area contributed by atoms with E-state index in [0.717, 1.165) is 0 Å². The van der Waals surface area contributed by atoms with Crippen molar-refractivity contribution in [2.24, 2.45) is 0 Å². The van der Waals surface area contributed by atoms with E-state index in [9.17, 15) is 22.8 Å². The van der Waals surface area contributed by atoms with E-state index in [1.54, 1.807) is 0 Å². The summed E-state index contributed by atoms with van der Waals surface area (Å²) in [6, 6.07) is -1.32. The number of aliphatic carboxylic acids is 2. The van der Waals surface area contributed by atoms with Gasteiger partial charge in [0.25, 0.3) is 10.1 Å². The molecule has 0 bridgehead atoms. The Bertz CT molecular complexity index is 528. The summed E-state index contributed by atoms with van der Waals surface area (Å²) in [4.78, 5) is 32.9. The Morgan fingerprint density at radius 2 is 1.73 bits per heavy atom. The highest BCUT2D eigenvalue weighted by atomic mass is 32.2. The Labute approximate surface area is 127 Å². The van der Waals surface area contributed by atoms with E-state index >= 15 is 0 Å². The molecule has 1 atom stereocenters. The third kappa shape index (κ3) is 10.1.